The minimum Gasteiger partial charge on any atom is -0.382 e. The molecule has 3 N–H and O–H groups in total. The maximum Gasteiger partial charge on any atom is 0.222 e. The molecule has 3 saturated heterocycles. The van der Waals surface area contributed by atoms with Crippen molar-refractivity contribution in [3.63, 3.8) is 0 Å². The number of nitrogens with zero attached hydrogens (tertiary/aromatic N) is 5. The summed E-state index contributed by atoms with van der Waals surface area (Å²) in [6.45, 7) is 5.63. The minimum absolute atomic E-state index is 0.134. The summed E-state index contributed by atoms with van der Waals surface area (Å²) in [6.07, 6.45) is 7.21. The van der Waals surface area contributed by atoms with Crippen LogP contribution >= 0.6 is 0 Å². The van der Waals surface area contributed by atoms with E-state index in [0.29, 0.717) is 38.0 Å². The number of piperidine rings is 1. The number of imidazole rings is 1. The van der Waals surface area contributed by atoms with E-state index in [9.17, 15) is 9.90 Å². The number of morpholine rings is 1. The lowest BCUT2D eigenvalue weighted by molar-refractivity contribution is -0.130. The van der Waals surface area contributed by atoms with Crippen LogP contribution in [0.5, 0.6) is 0 Å². The third-order valence-corrected chi connectivity index (χ3v) is 9.20. The second-order valence-electron chi connectivity index (χ2n) is 11.7. The van der Waals surface area contributed by atoms with Gasteiger partial charge in [-0.2, -0.15) is 0 Å². The summed E-state index contributed by atoms with van der Waals surface area (Å²) in [6, 6.07) is 16.4. The first-order valence-corrected chi connectivity index (χ1v) is 14.6. The Balaban J connectivity index is 1.20. The highest BCUT2D eigenvalue weighted by atomic mass is 16.5. The average Bonchev–Trinajstić information content (AvgIpc) is 3.59. The van der Waals surface area contributed by atoms with Crippen LogP contribution < -0.4 is 10.6 Å². The van der Waals surface area contributed by atoms with Gasteiger partial charge < -0.3 is 25.4 Å². The zero-order valence-corrected chi connectivity index (χ0v) is 23.4. The molecule has 0 saturated carbocycles. The molecule has 0 radical (unpaired) electrons. The molecule has 41 heavy (non-hydrogen) atoms. The fourth-order valence-corrected chi connectivity index (χ4v) is 6.80. The number of carbonyl (C=O) groups is 1. The number of ether oxygens (including phenoxy) is 1. The molecule has 1 unspecified atom stereocenters. The number of rotatable bonds is 5. The largest absolute Gasteiger partial charge is 0.382 e. The molecule has 0 spiro atoms. The van der Waals surface area contributed by atoms with Crippen molar-refractivity contribution in [3.05, 3.63) is 77.9 Å². The maximum absolute atomic E-state index is 12.5. The molecule has 2 aromatic heterocycles. The van der Waals surface area contributed by atoms with Crippen molar-refractivity contribution in [2.45, 2.75) is 50.2 Å². The van der Waals surface area contributed by atoms with Crippen LogP contribution in [0.4, 0.5) is 11.5 Å². The number of nitrogen functional groups attached to an aromatic ring is 1. The summed E-state index contributed by atoms with van der Waals surface area (Å²) in [4.78, 5) is 26.3. The summed E-state index contributed by atoms with van der Waals surface area (Å²) in [5.41, 5.74) is 10.4. The van der Waals surface area contributed by atoms with Crippen LogP contribution in [0.15, 0.2) is 60.9 Å². The van der Waals surface area contributed by atoms with Gasteiger partial charge in [0.05, 0.1) is 13.2 Å². The molecule has 3 atom stereocenters. The second kappa shape index (κ2) is 10.2. The van der Waals surface area contributed by atoms with E-state index in [1.165, 1.54) is 0 Å². The van der Waals surface area contributed by atoms with E-state index in [-0.39, 0.29) is 11.8 Å². The Bertz CT molecular complexity index is 1590. The molecule has 2 aromatic carbocycles. The number of benzene rings is 2. The van der Waals surface area contributed by atoms with Gasteiger partial charge in [-0.25, -0.2) is 9.97 Å². The Morgan fingerprint density at radius 2 is 1.85 bits per heavy atom. The van der Waals surface area contributed by atoms with E-state index in [0.717, 1.165) is 71.8 Å². The van der Waals surface area contributed by atoms with Crippen LogP contribution in [-0.2, 0) is 15.1 Å². The van der Waals surface area contributed by atoms with Crippen LogP contribution in [0.2, 0.25) is 0 Å². The van der Waals surface area contributed by atoms with Crippen molar-refractivity contribution in [1.82, 2.24) is 19.3 Å². The number of carbonyl (C=O) groups excluding carboxylic acids is 1. The maximum atomic E-state index is 12.5. The molecule has 5 heterocycles. The quantitative estimate of drug-likeness (QED) is 0.386. The van der Waals surface area contributed by atoms with Gasteiger partial charge in [0.25, 0.3) is 0 Å². The topological polar surface area (TPSA) is 109 Å². The number of amides is 1. The number of hydrogen-bond acceptors (Lipinski definition) is 7. The molecule has 9 heteroatoms. The average molecular weight is 553 g/mol. The lowest BCUT2D eigenvalue weighted by Crippen LogP contribution is -2.41. The molecule has 7 rings (SSSR count). The van der Waals surface area contributed by atoms with Crippen LogP contribution in [0.3, 0.4) is 0 Å². The van der Waals surface area contributed by atoms with Crippen molar-refractivity contribution in [2.75, 3.05) is 43.5 Å². The fraction of sp³-hybridized carbons (Fsp3) is 0.406. The molecule has 3 aliphatic heterocycles. The second-order valence-corrected chi connectivity index (χ2v) is 11.7. The molecular formula is C32H36N6O3. The van der Waals surface area contributed by atoms with Gasteiger partial charge >= 0.3 is 0 Å². The molecule has 3 aliphatic rings. The molecule has 212 valence electrons. The normalized spacial score (nSPS) is 22.6. The summed E-state index contributed by atoms with van der Waals surface area (Å²) in [7, 11) is 0. The predicted octanol–water partition coefficient (Wildman–Crippen LogP) is 3.94. The van der Waals surface area contributed by atoms with Crippen LogP contribution in [-0.4, -0.2) is 69.2 Å². The highest BCUT2D eigenvalue weighted by Crippen LogP contribution is 2.39. The number of anilines is 2. The third kappa shape index (κ3) is 4.53. The van der Waals surface area contributed by atoms with E-state index in [4.69, 9.17) is 15.5 Å². The minimum atomic E-state index is -1.18. The Hall–Kier alpha value is -3.95. The Kier molecular flexibility index (Phi) is 6.43. The Morgan fingerprint density at radius 1 is 1.05 bits per heavy atom. The number of aromatic nitrogens is 3. The van der Waals surface area contributed by atoms with E-state index < -0.39 is 5.60 Å². The van der Waals surface area contributed by atoms with Gasteiger partial charge in [0.2, 0.25) is 5.91 Å². The lowest BCUT2D eigenvalue weighted by Gasteiger charge is -2.34. The summed E-state index contributed by atoms with van der Waals surface area (Å²) >= 11 is 0. The number of fused-ring (bicyclic) bond motifs is 2. The standard InChI is InChI=1S/C32H36N6O3/c1-32(40,24-3-2-4-26(19-24)36-15-17-41-18-16-36)23-8-5-21(6-9-23)28-29-30(33)34-13-14-37(29)31(35-28)22-7-10-25-11-12-27(39)38(25)20-22/h2-6,8-9,13-14,19,22,25,40H,7,10-12,15-18,20H2,1H3,(H2,33,34)/t22-,25+,32?/m1/s1. The zero-order chi connectivity index (χ0) is 28.1. The molecule has 9 nitrogen and oxygen atoms in total. The molecule has 4 aromatic rings. The van der Waals surface area contributed by atoms with Gasteiger partial charge in [0, 0.05) is 61.7 Å². The van der Waals surface area contributed by atoms with Crippen molar-refractivity contribution < 1.29 is 14.6 Å². The van der Waals surface area contributed by atoms with E-state index in [2.05, 4.69) is 22.0 Å². The van der Waals surface area contributed by atoms with Crippen molar-refractivity contribution in [3.8, 4) is 11.3 Å². The van der Waals surface area contributed by atoms with Gasteiger partial charge in [0.1, 0.15) is 28.5 Å². The summed E-state index contributed by atoms with van der Waals surface area (Å²) < 4.78 is 7.55. The molecule has 0 bridgehead atoms. The van der Waals surface area contributed by atoms with Crippen molar-refractivity contribution in [1.29, 1.82) is 0 Å². The van der Waals surface area contributed by atoms with Crippen molar-refractivity contribution in [2.24, 2.45) is 0 Å². The number of hydrogen-bond donors (Lipinski definition) is 2. The molecular weight excluding hydrogens is 516 g/mol. The number of nitrogens with two attached hydrogens (primary N) is 1. The van der Waals surface area contributed by atoms with Crippen molar-refractivity contribution >= 4 is 22.9 Å². The molecule has 1 amide bonds. The Morgan fingerprint density at radius 3 is 2.66 bits per heavy atom. The Labute approximate surface area is 239 Å². The van der Waals surface area contributed by atoms with E-state index in [1.54, 1.807) is 6.20 Å². The van der Waals surface area contributed by atoms with E-state index >= 15 is 0 Å². The van der Waals surface area contributed by atoms with Gasteiger partial charge in [-0.05, 0) is 49.4 Å². The fourth-order valence-electron chi connectivity index (χ4n) is 6.80. The smallest absolute Gasteiger partial charge is 0.222 e. The first-order chi connectivity index (χ1) is 19.9. The monoisotopic (exact) mass is 552 g/mol. The van der Waals surface area contributed by atoms with Gasteiger partial charge in [0.15, 0.2) is 0 Å². The van der Waals surface area contributed by atoms with Crippen LogP contribution in [0, 0.1) is 0 Å². The highest BCUT2D eigenvalue weighted by molar-refractivity contribution is 5.85. The summed E-state index contributed by atoms with van der Waals surface area (Å²) in [5.74, 6) is 1.72. The zero-order valence-electron chi connectivity index (χ0n) is 23.4. The first kappa shape index (κ1) is 26.0. The SMILES string of the molecule is CC(O)(c1ccc(-c2nc([C@@H]3CC[C@H]4CCC(=O)N4C3)n3ccnc(N)c23)cc1)c1cccc(N2CCOCC2)c1. The first-order valence-electron chi connectivity index (χ1n) is 14.6. The van der Waals surface area contributed by atoms with Crippen LogP contribution in [0.1, 0.15) is 55.5 Å². The molecule has 3 fully saturated rings. The summed E-state index contributed by atoms with van der Waals surface area (Å²) in [5, 5.41) is 11.7. The predicted molar refractivity (Wildman–Crippen MR) is 158 cm³/mol. The number of aliphatic hydroxyl groups is 1. The highest BCUT2D eigenvalue weighted by Gasteiger charge is 2.38. The van der Waals surface area contributed by atoms with Gasteiger partial charge in [-0.1, -0.05) is 36.4 Å². The molecule has 0 aliphatic carbocycles. The van der Waals surface area contributed by atoms with Gasteiger partial charge in [-0.3, -0.25) is 9.20 Å². The lowest BCUT2D eigenvalue weighted by atomic mass is 9.87. The van der Waals surface area contributed by atoms with Gasteiger partial charge in [-0.15, -0.1) is 0 Å². The third-order valence-electron chi connectivity index (χ3n) is 9.20. The van der Waals surface area contributed by atoms with E-state index in [1.807, 2.05) is 58.8 Å². The van der Waals surface area contributed by atoms with Crippen LogP contribution in [0.25, 0.3) is 16.8 Å².